The molecule has 0 unspecified atom stereocenters. The minimum absolute atomic E-state index is 0.0773. The maximum absolute atomic E-state index is 11.9. The zero-order valence-electron chi connectivity index (χ0n) is 15.8. The molecule has 0 bridgehead atoms. The minimum Gasteiger partial charge on any atom is -0.465 e. The quantitative estimate of drug-likeness (QED) is 0.448. The number of rotatable bonds is 5. The number of aromatic nitrogens is 1. The first kappa shape index (κ1) is 20.6. The standard InChI is InChI=1S/C18H20N4O6/c1-18(2,3)28-17(24)21-14-10-9-13(22(25)26)15(20-14)19-12-7-5-11(6-8-12)16(23)27-4/h5-10H,1-4H3,(H2,19,20,21,24). The molecule has 10 nitrogen and oxygen atoms in total. The van der Waals surface area contributed by atoms with Gasteiger partial charge in [0.15, 0.2) is 0 Å². The summed E-state index contributed by atoms with van der Waals surface area (Å²) in [6.45, 7) is 5.13. The van der Waals surface area contributed by atoms with Crippen molar-refractivity contribution in [3.05, 3.63) is 52.1 Å². The van der Waals surface area contributed by atoms with Crippen molar-refractivity contribution in [1.29, 1.82) is 0 Å². The molecule has 2 N–H and O–H groups in total. The van der Waals surface area contributed by atoms with Crippen LogP contribution in [0, 0.1) is 10.1 Å². The zero-order chi connectivity index (χ0) is 20.9. The van der Waals surface area contributed by atoms with Gasteiger partial charge < -0.3 is 14.8 Å². The Balaban J connectivity index is 2.25. The number of carbonyl (C=O) groups excluding carboxylic acids is 2. The highest BCUT2D eigenvalue weighted by atomic mass is 16.6. The Bertz CT molecular complexity index is 890. The van der Waals surface area contributed by atoms with Gasteiger partial charge in [-0.3, -0.25) is 15.4 Å². The van der Waals surface area contributed by atoms with Gasteiger partial charge in [-0.2, -0.15) is 0 Å². The van der Waals surface area contributed by atoms with Crippen LogP contribution in [0.1, 0.15) is 31.1 Å². The van der Waals surface area contributed by atoms with Crippen LogP contribution in [-0.2, 0) is 9.47 Å². The number of carbonyl (C=O) groups is 2. The van der Waals surface area contributed by atoms with E-state index in [1.54, 1.807) is 32.9 Å². The Hall–Kier alpha value is -3.69. The van der Waals surface area contributed by atoms with Crippen LogP contribution in [-0.4, -0.2) is 34.7 Å². The first-order valence-electron chi connectivity index (χ1n) is 8.20. The molecule has 0 radical (unpaired) electrons. The second-order valence-electron chi connectivity index (χ2n) is 6.64. The Morgan fingerprint density at radius 2 is 1.75 bits per heavy atom. The van der Waals surface area contributed by atoms with Crippen LogP contribution in [0.15, 0.2) is 36.4 Å². The van der Waals surface area contributed by atoms with Crippen LogP contribution in [0.3, 0.4) is 0 Å². The van der Waals surface area contributed by atoms with Crippen LogP contribution in [0.4, 0.5) is 27.8 Å². The molecule has 28 heavy (non-hydrogen) atoms. The summed E-state index contributed by atoms with van der Waals surface area (Å²) in [5.74, 6) is -0.503. The van der Waals surface area contributed by atoms with Crippen LogP contribution in [0.5, 0.6) is 0 Å². The first-order valence-corrected chi connectivity index (χ1v) is 8.20. The summed E-state index contributed by atoms with van der Waals surface area (Å²) < 4.78 is 9.75. The molecule has 2 aromatic rings. The molecule has 1 aromatic heterocycles. The molecule has 0 aliphatic heterocycles. The van der Waals surface area contributed by atoms with Crippen molar-refractivity contribution in [1.82, 2.24) is 4.98 Å². The van der Waals surface area contributed by atoms with Crippen molar-refractivity contribution < 1.29 is 24.0 Å². The first-order chi connectivity index (χ1) is 13.1. The van der Waals surface area contributed by atoms with Crippen LogP contribution >= 0.6 is 0 Å². The van der Waals surface area contributed by atoms with E-state index in [1.807, 2.05) is 0 Å². The summed E-state index contributed by atoms with van der Waals surface area (Å²) in [6.07, 6.45) is -0.734. The van der Waals surface area contributed by atoms with E-state index in [0.29, 0.717) is 11.3 Å². The molecular weight excluding hydrogens is 368 g/mol. The lowest BCUT2D eigenvalue weighted by molar-refractivity contribution is -0.384. The van der Waals surface area contributed by atoms with E-state index in [2.05, 4.69) is 20.4 Å². The molecule has 2 rings (SSSR count). The summed E-state index contributed by atoms with van der Waals surface area (Å²) in [7, 11) is 1.27. The third-order valence-electron chi connectivity index (χ3n) is 3.27. The minimum atomic E-state index is -0.734. The van der Waals surface area contributed by atoms with E-state index in [0.717, 1.165) is 0 Å². The lowest BCUT2D eigenvalue weighted by atomic mass is 10.2. The van der Waals surface area contributed by atoms with Gasteiger partial charge in [-0.1, -0.05) is 0 Å². The number of pyridine rings is 1. The molecule has 0 aliphatic rings. The number of nitrogens with zero attached hydrogens (tertiary/aromatic N) is 2. The molecule has 1 amide bonds. The fourth-order valence-corrected chi connectivity index (χ4v) is 2.11. The van der Waals surface area contributed by atoms with Gasteiger partial charge in [0, 0.05) is 11.8 Å². The van der Waals surface area contributed by atoms with Crippen molar-refractivity contribution in [3.63, 3.8) is 0 Å². The number of nitrogens with one attached hydrogen (secondary N) is 2. The predicted octanol–water partition coefficient (Wildman–Crippen LogP) is 3.87. The Morgan fingerprint density at radius 1 is 1.11 bits per heavy atom. The van der Waals surface area contributed by atoms with Crippen molar-refractivity contribution in [2.75, 3.05) is 17.7 Å². The molecule has 10 heteroatoms. The van der Waals surface area contributed by atoms with E-state index < -0.39 is 22.6 Å². The predicted molar refractivity (Wildman–Crippen MR) is 102 cm³/mol. The van der Waals surface area contributed by atoms with Gasteiger partial charge in [0.1, 0.15) is 11.4 Å². The summed E-state index contributed by atoms with van der Waals surface area (Å²) >= 11 is 0. The summed E-state index contributed by atoms with van der Waals surface area (Å²) in [4.78, 5) is 38.1. The Morgan fingerprint density at radius 3 is 2.29 bits per heavy atom. The molecule has 1 heterocycles. The molecule has 0 spiro atoms. The van der Waals surface area contributed by atoms with Crippen molar-refractivity contribution in [2.45, 2.75) is 26.4 Å². The monoisotopic (exact) mass is 388 g/mol. The van der Waals surface area contributed by atoms with Gasteiger partial charge in [-0.25, -0.2) is 14.6 Å². The third-order valence-corrected chi connectivity index (χ3v) is 3.27. The number of hydrogen-bond donors (Lipinski definition) is 2. The van der Waals surface area contributed by atoms with Gasteiger partial charge in [0.2, 0.25) is 5.82 Å². The molecule has 0 aliphatic carbocycles. The number of benzene rings is 1. The average molecular weight is 388 g/mol. The number of ether oxygens (including phenoxy) is 2. The van der Waals surface area contributed by atoms with Crippen LogP contribution in [0.25, 0.3) is 0 Å². The summed E-state index contributed by atoms with van der Waals surface area (Å²) in [5, 5.41) is 16.5. The fourth-order valence-electron chi connectivity index (χ4n) is 2.11. The van der Waals surface area contributed by atoms with Crippen molar-refractivity contribution >= 4 is 35.1 Å². The molecular formula is C18H20N4O6. The highest BCUT2D eigenvalue weighted by Gasteiger charge is 2.20. The van der Waals surface area contributed by atoms with Crippen LogP contribution < -0.4 is 10.6 Å². The second kappa shape index (κ2) is 8.33. The Kier molecular flexibility index (Phi) is 6.14. The zero-order valence-corrected chi connectivity index (χ0v) is 15.8. The number of amides is 1. The molecule has 148 valence electrons. The highest BCUT2D eigenvalue weighted by Crippen LogP contribution is 2.27. The molecule has 0 atom stereocenters. The number of anilines is 3. The normalized spacial score (nSPS) is 10.7. The van der Waals surface area contributed by atoms with Crippen LogP contribution in [0.2, 0.25) is 0 Å². The lowest BCUT2D eigenvalue weighted by Gasteiger charge is -2.19. The van der Waals surface area contributed by atoms with E-state index in [4.69, 9.17) is 4.74 Å². The highest BCUT2D eigenvalue weighted by molar-refractivity contribution is 5.90. The average Bonchev–Trinajstić information content (AvgIpc) is 2.60. The van der Waals surface area contributed by atoms with E-state index in [-0.39, 0.29) is 17.3 Å². The number of methoxy groups -OCH3 is 1. The molecule has 0 fully saturated rings. The molecule has 0 saturated heterocycles. The van der Waals surface area contributed by atoms with Crippen molar-refractivity contribution in [3.8, 4) is 0 Å². The van der Waals surface area contributed by atoms with Gasteiger partial charge in [-0.05, 0) is 51.1 Å². The smallest absolute Gasteiger partial charge is 0.413 e. The van der Waals surface area contributed by atoms with Gasteiger partial charge in [0.25, 0.3) is 0 Å². The van der Waals surface area contributed by atoms with Gasteiger partial charge >= 0.3 is 17.7 Å². The summed E-state index contributed by atoms with van der Waals surface area (Å²) in [5.41, 5.74) is -0.201. The fraction of sp³-hybridized carbons (Fsp3) is 0.278. The number of esters is 1. The van der Waals surface area contributed by atoms with E-state index >= 15 is 0 Å². The topological polar surface area (TPSA) is 133 Å². The van der Waals surface area contributed by atoms with Crippen molar-refractivity contribution in [2.24, 2.45) is 0 Å². The maximum Gasteiger partial charge on any atom is 0.413 e. The largest absolute Gasteiger partial charge is 0.465 e. The van der Waals surface area contributed by atoms with E-state index in [9.17, 15) is 19.7 Å². The third kappa shape index (κ3) is 5.66. The molecule has 1 aromatic carbocycles. The van der Waals surface area contributed by atoms with Gasteiger partial charge in [0.05, 0.1) is 17.6 Å². The number of hydrogen-bond acceptors (Lipinski definition) is 8. The Labute approximate surface area is 161 Å². The SMILES string of the molecule is COC(=O)c1ccc(Nc2nc(NC(=O)OC(C)(C)C)ccc2[N+](=O)[O-])cc1. The second-order valence-corrected chi connectivity index (χ2v) is 6.64. The maximum atomic E-state index is 11.9. The van der Waals surface area contributed by atoms with E-state index in [1.165, 1.54) is 31.4 Å². The summed E-state index contributed by atoms with van der Waals surface area (Å²) in [6, 6.07) is 8.61. The number of nitro groups is 1. The lowest BCUT2D eigenvalue weighted by Crippen LogP contribution is -2.27. The van der Waals surface area contributed by atoms with Gasteiger partial charge in [-0.15, -0.1) is 0 Å². The molecule has 0 saturated carbocycles.